The first-order chi connectivity index (χ1) is 13.8. The smallest absolute Gasteiger partial charge is 0.303 e. The summed E-state index contributed by atoms with van der Waals surface area (Å²) in [6, 6.07) is 0. The number of hydrogen-bond acceptors (Lipinski definition) is 7. The largest absolute Gasteiger partial charge is 0.459 e. The van der Waals surface area contributed by atoms with Gasteiger partial charge in [0, 0.05) is 30.1 Å². The average Bonchev–Trinajstić information content (AvgIpc) is 2.74. The molecule has 6 rings (SSSR count). The summed E-state index contributed by atoms with van der Waals surface area (Å²) in [5.41, 5.74) is -3.74. The van der Waals surface area contributed by atoms with E-state index in [0.717, 1.165) is 12.8 Å². The molecular weight excluding hydrogens is 388 g/mol. The number of carbonyl (C=O) groups is 2. The van der Waals surface area contributed by atoms with E-state index < -0.39 is 58.0 Å². The molecule has 0 aromatic heterocycles. The standard InChI is InChI=1S/C23H32O7/c1-11-13-9-20(5,30-12(2)24)18-21-8-6-7-19(3,4)14(21)17(27)23(28,29-10-21)22(18,15(11)25)16(13)26/h13-14,16-18,26-28H,1,6-10H2,2-5H3/t13-,14-,16-,17+,18-,20+,21-,22-,23+/m0/s1. The van der Waals surface area contributed by atoms with Gasteiger partial charge in [-0.05, 0) is 37.2 Å². The molecule has 4 bridgehead atoms. The number of ketones is 1. The molecule has 2 saturated heterocycles. The highest BCUT2D eigenvalue weighted by Crippen LogP contribution is 2.78. The van der Waals surface area contributed by atoms with Crippen LogP contribution in [0.25, 0.3) is 0 Å². The number of esters is 1. The minimum atomic E-state index is -2.27. The van der Waals surface area contributed by atoms with Gasteiger partial charge in [-0.3, -0.25) is 9.59 Å². The first-order valence-electron chi connectivity index (χ1n) is 11.0. The highest BCUT2D eigenvalue weighted by molar-refractivity contribution is 6.05. The molecule has 0 unspecified atom stereocenters. The Labute approximate surface area is 176 Å². The Hall–Kier alpha value is -1.28. The van der Waals surface area contributed by atoms with Crippen molar-refractivity contribution in [1.29, 1.82) is 0 Å². The molecular formula is C23H32O7. The molecule has 2 aliphatic heterocycles. The summed E-state index contributed by atoms with van der Waals surface area (Å²) in [6.07, 6.45) is 0.0368. The lowest BCUT2D eigenvalue weighted by molar-refractivity contribution is -0.463. The number of carbonyl (C=O) groups excluding carboxylic acids is 2. The van der Waals surface area contributed by atoms with Gasteiger partial charge in [0.05, 0.1) is 12.7 Å². The molecule has 4 aliphatic carbocycles. The van der Waals surface area contributed by atoms with Crippen molar-refractivity contribution in [3.05, 3.63) is 12.2 Å². The van der Waals surface area contributed by atoms with Crippen molar-refractivity contribution in [2.75, 3.05) is 6.61 Å². The number of fused-ring (bicyclic) bond motifs is 2. The molecule has 7 nitrogen and oxygen atoms in total. The van der Waals surface area contributed by atoms with Crippen LogP contribution in [0.2, 0.25) is 0 Å². The third kappa shape index (κ3) is 1.89. The van der Waals surface area contributed by atoms with Gasteiger partial charge >= 0.3 is 5.97 Å². The third-order valence-electron chi connectivity index (χ3n) is 9.40. The van der Waals surface area contributed by atoms with Crippen LogP contribution in [0.3, 0.4) is 0 Å². The lowest BCUT2D eigenvalue weighted by atomic mass is 9.34. The molecule has 2 heterocycles. The first-order valence-corrected chi connectivity index (χ1v) is 11.0. The molecule has 0 radical (unpaired) electrons. The summed E-state index contributed by atoms with van der Waals surface area (Å²) < 4.78 is 11.9. The minimum Gasteiger partial charge on any atom is -0.459 e. The maximum absolute atomic E-state index is 13.7. The number of rotatable bonds is 1. The quantitative estimate of drug-likeness (QED) is 0.433. The van der Waals surface area contributed by atoms with Crippen LogP contribution in [0.5, 0.6) is 0 Å². The van der Waals surface area contributed by atoms with Gasteiger partial charge in [-0.25, -0.2) is 0 Å². The normalized spacial score (nSPS) is 55.8. The van der Waals surface area contributed by atoms with Crippen LogP contribution < -0.4 is 0 Å². The molecule has 0 amide bonds. The van der Waals surface area contributed by atoms with Gasteiger partial charge < -0.3 is 24.8 Å². The molecule has 30 heavy (non-hydrogen) atoms. The summed E-state index contributed by atoms with van der Waals surface area (Å²) in [6.45, 7) is 11.4. The second-order valence-corrected chi connectivity index (χ2v) is 11.3. The second kappa shape index (κ2) is 5.55. The fourth-order valence-electron chi connectivity index (χ4n) is 8.91. The van der Waals surface area contributed by atoms with E-state index >= 15 is 0 Å². The zero-order chi connectivity index (χ0) is 22.1. The highest BCUT2D eigenvalue weighted by Gasteiger charge is 2.89. The van der Waals surface area contributed by atoms with Gasteiger partial charge in [0.2, 0.25) is 5.79 Å². The summed E-state index contributed by atoms with van der Waals surface area (Å²) in [4.78, 5) is 25.9. The summed E-state index contributed by atoms with van der Waals surface area (Å²) in [5, 5.41) is 34.9. The second-order valence-electron chi connectivity index (χ2n) is 11.3. The van der Waals surface area contributed by atoms with Gasteiger partial charge in [-0.15, -0.1) is 0 Å². The number of hydrogen-bond donors (Lipinski definition) is 3. The Morgan fingerprint density at radius 2 is 1.87 bits per heavy atom. The van der Waals surface area contributed by atoms with Gasteiger partial charge in [0.15, 0.2) is 5.78 Å². The van der Waals surface area contributed by atoms with Gasteiger partial charge in [0.1, 0.15) is 17.1 Å². The molecule has 4 saturated carbocycles. The van der Waals surface area contributed by atoms with Crippen molar-refractivity contribution < 1.29 is 34.4 Å². The van der Waals surface area contributed by atoms with Crippen LogP contribution in [0.1, 0.15) is 53.4 Å². The van der Waals surface area contributed by atoms with Crippen molar-refractivity contribution >= 4 is 11.8 Å². The van der Waals surface area contributed by atoms with E-state index in [0.29, 0.717) is 6.42 Å². The summed E-state index contributed by atoms with van der Waals surface area (Å²) >= 11 is 0. The SMILES string of the molecule is C=C1C(=O)[C@]23[C@@H](O)[C@H]1C[C@@](C)(OC(C)=O)[C@H]2[C@]12CCCC(C)(C)[C@@H]1[C@@H](O)[C@@]3(O)OC2. The van der Waals surface area contributed by atoms with E-state index in [4.69, 9.17) is 9.47 Å². The van der Waals surface area contributed by atoms with E-state index in [9.17, 15) is 24.9 Å². The molecule has 6 aliphatic rings. The fraction of sp³-hybridized carbons (Fsp3) is 0.826. The predicted molar refractivity (Wildman–Crippen MR) is 105 cm³/mol. The topological polar surface area (TPSA) is 113 Å². The van der Waals surface area contributed by atoms with Crippen LogP contribution in [0.4, 0.5) is 0 Å². The van der Waals surface area contributed by atoms with Crippen molar-refractivity contribution in [2.24, 2.45) is 34.0 Å². The Balaban J connectivity index is 1.85. The zero-order valence-corrected chi connectivity index (χ0v) is 18.1. The molecule has 6 fully saturated rings. The molecule has 0 aromatic carbocycles. The molecule has 166 valence electrons. The summed E-state index contributed by atoms with van der Waals surface area (Å²) in [5.74, 6) is -4.93. The van der Waals surface area contributed by atoms with Crippen molar-refractivity contribution in [3.63, 3.8) is 0 Å². The van der Waals surface area contributed by atoms with Gasteiger partial charge in [-0.1, -0.05) is 26.8 Å². The third-order valence-corrected chi connectivity index (χ3v) is 9.40. The molecule has 3 N–H and O–H groups in total. The number of aliphatic hydroxyl groups is 3. The maximum atomic E-state index is 13.7. The zero-order valence-electron chi connectivity index (χ0n) is 18.1. The molecule has 0 aromatic rings. The van der Waals surface area contributed by atoms with E-state index in [1.165, 1.54) is 6.92 Å². The Kier molecular flexibility index (Phi) is 3.81. The van der Waals surface area contributed by atoms with Crippen LogP contribution in [-0.4, -0.2) is 57.3 Å². The van der Waals surface area contributed by atoms with Crippen molar-refractivity contribution in [1.82, 2.24) is 0 Å². The monoisotopic (exact) mass is 420 g/mol. The molecule has 9 atom stereocenters. The average molecular weight is 421 g/mol. The number of ether oxygens (including phenoxy) is 2. The number of Topliss-reactive ketones (excluding diaryl/α,β-unsaturated/α-hetero) is 1. The van der Waals surface area contributed by atoms with E-state index in [1.54, 1.807) is 0 Å². The van der Waals surface area contributed by atoms with E-state index in [1.807, 2.05) is 6.92 Å². The van der Waals surface area contributed by atoms with Crippen LogP contribution in [-0.2, 0) is 19.1 Å². The minimum absolute atomic E-state index is 0.148. The van der Waals surface area contributed by atoms with Crippen LogP contribution >= 0.6 is 0 Å². The lowest BCUT2D eigenvalue weighted by Gasteiger charge is -2.75. The van der Waals surface area contributed by atoms with Gasteiger partial charge in [-0.2, -0.15) is 0 Å². The van der Waals surface area contributed by atoms with Gasteiger partial charge in [0.25, 0.3) is 0 Å². The Morgan fingerprint density at radius 1 is 1.20 bits per heavy atom. The molecule has 2 spiro atoms. The predicted octanol–water partition coefficient (Wildman–Crippen LogP) is 1.34. The maximum Gasteiger partial charge on any atom is 0.303 e. The molecule has 7 heteroatoms. The van der Waals surface area contributed by atoms with Crippen LogP contribution in [0.15, 0.2) is 12.2 Å². The van der Waals surface area contributed by atoms with Crippen molar-refractivity contribution in [2.45, 2.75) is 77.0 Å². The lowest BCUT2D eigenvalue weighted by Crippen LogP contribution is -2.86. The Bertz CT molecular complexity index is 866. The van der Waals surface area contributed by atoms with Crippen molar-refractivity contribution in [3.8, 4) is 0 Å². The summed E-state index contributed by atoms with van der Waals surface area (Å²) in [7, 11) is 0. The first kappa shape index (κ1) is 20.6. The Morgan fingerprint density at radius 3 is 2.50 bits per heavy atom. The highest BCUT2D eigenvalue weighted by atomic mass is 16.6. The fourth-order valence-corrected chi connectivity index (χ4v) is 8.91. The van der Waals surface area contributed by atoms with E-state index in [-0.39, 0.29) is 29.9 Å². The number of aliphatic hydroxyl groups excluding tert-OH is 2. The van der Waals surface area contributed by atoms with Crippen LogP contribution in [0, 0.1) is 34.0 Å². The van der Waals surface area contributed by atoms with E-state index in [2.05, 4.69) is 20.4 Å².